The molecule has 7 nitrogen and oxygen atoms in total. The number of aromatic nitrogens is 2. The number of benzene rings is 1. The smallest absolute Gasteiger partial charge is 0.241 e. The molecule has 1 aromatic heterocycles. The first-order chi connectivity index (χ1) is 10.8. The van der Waals surface area contributed by atoms with Crippen LogP contribution in [0.3, 0.4) is 0 Å². The Morgan fingerprint density at radius 3 is 2.65 bits per heavy atom. The molecule has 0 saturated heterocycles. The van der Waals surface area contributed by atoms with Crippen molar-refractivity contribution < 1.29 is 13.2 Å². The molecule has 0 aliphatic heterocycles. The van der Waals surface area contributed by atoms with E-state index in [9.17, 15) is 13.2 Å². The van der Waals surface area contributed by atoms with Crippen LogP contribution in [-0.4, -0.2) is 36.7 Å². The van der Waals surface area contributed by atoms with E-state index < -0.39 is 10.0 Å². The van der Waals surface area contributed by atoms with E-state index in [-0.39, 0.29) is 19.0 Å². The Kier molecular flexibility index (Phi) is 5.32. The van der Waals surface area contributed by atoms with E-state index in [0.717, 1.165) is 26.7 Å². The van der Waals surface area contributed by atoms with Crippen LogP contribution in [0.1, 0.15) is 16.1 Å². The molecule has 1 aromatic carbocycles. The van der Waals surface area contributed by atoms with Gasteiger partial charge < -0.3 is 5.32 Å². The fraction of sp³-hybridized carbons (Fsp3) is 0.357. The summed E-state index contributed by atoms with van der Waals surface area (Å²) in [4.78, 5) is 13.0. The van der Waals surface area contributed by atoms with Gasteiger partial charge in [-0.1, -0.05) is 16.6 Å². The normalized spacial score (nSPS) is 11.3. The fourth-order valence-corrected chi connectivity index (χ4v) is 3.38. The molecule has 1 heterocycles. The van der Waals surface area contributed by atoms with E-state index in [1.165, 1.54) is 11.5 Å². The summed E-state index contributed by atoms with van der Waals surface area (Å²) in [5.74, 6) is -0.385. The van der Waals surface area contributed by atoms with Crippen LogP contribution in [0.5, 0.6) is 0 Å². The third-order valence-electron chi connectivity index (χ3n) is 3.17. The first-order valence-corrected chi connectivity index (χ1v) is 9.48. The molecule has 0 fully saturated rings. The Balaban J connectivity index is 2.09. The van der Waals surface area contributed by atoms with Crippen molar-refractivity contribution in [2.75, 3.05) is 17.1 Å². The Hall–Kier alpha value is -2.00. The number of rotatable bonds is 6. The average molecular weight is 354 g/mol. The van der Waals surface area contributed by atoms with Crippen molar-refractivity contribution in [2.24, 2.45) is 0 Å². The van der Waals surface area contributed by atoms with Crippen molar-refractivity contribution >= 4 is 33.2 Å². The lowest BCUT2D eigenvalue weighted by atomic mass is 10.2. The molecular weight excluding hydrogens is 336 g/mol. The van der Waals surface area contributed by atoms with Crippen LogP contribution < -0.4 is 9.62 Å². The second kappa shape index (κ2) is 7.05. The molecule has 0 bridgehead atoms. The number of amides is 1. The SMILES string of the molecule is Cc1cccc(N(CC(=O)NCc2snnc2C)S(C)(=O)=O)c1. The molecule has 0 spiro atoms. The molecule has 2 rings (SSSR count). The second-order valence-electron chi connectivity index (χ2n) is 5.17. The minimum absolute atomic E-state index is 0.270. The highest BCUT2D eigenvalue weighted by Crippen LogP contribution is 2.18. The maximum atomic E-state index is 12.1. The van der Waals surface area contributed by atoms with E-state index in [2.05, 4.69) is 14.9 Å². The summed E-state index contributed by atoms with van der Waals surface area (Å²) >= 11 is 1.21. The minimum Gasteiger partial charge on any atom is -0.350 e. The van der Waals surface area contributed by atoms with Crippen LogP contribution in [0.15, 0.2) is 24.3 Å². The van der Waals surface area contributed by atoms with E-state index in [1.807, 2.05) is 13.0 Å². The number of nitrogens with zero attached hydrogens (tertiary/aromatic N) is 3. The highest BCUT2D eigenvalue weighted by Gasteiger charge is 2.21. The van der Waals surface area contributed by atoms with Crippen LogP contribution in [0.25, 0.3) is 0 Å². The number of nitrogens with one attached hydrogen (secondary N) is 1. The zero-order chi connectivity index (χ0) is 17.0. The first kappa shape index (κ1) is 17.4. The minimum atomic E-state index is -3.56. The second-order valence-corrected chi connectivity index (χ2v) is 7.91. The topological polar surface area (TPSA) is 92.3 Å². The Bertz CT molecular complexity index is 802. The summed E-state index contributed by atoms with van der Waals surface area (Å²) in [6.45, 7) is 3.69. The molecule has 0 aliphatic carbocycles. The van der Waals surface area contributed by atoms with Crippen LogP contribution in [0, 0.1) is 13.8 Å². The molecule has 1 N–H and O–H groups in total. The molecule has 2 aromatic rings. The number of hydrogen-bond donors (Lipinski definition) is 1. The maximum Gasteiger partial charge on any atom is 0.241 e. The molecule has 0 radical (unpaired) electrons. The average Bonchev–Trinajstić information content (AvgIpc) is 2.86. The fourth-order valence-electron chi connectivity index (χ4n) is 1.96. The van der Waals surface area contributed by atoms with Crippen LogP contribution in [0.2, 0.25) is 0 Å². The van der Waals surface area contributed by atoms with Gasteiger partial charge in [0.25, 0.3) is 0 Å². The van der Waals surface area contributed by atoms with Gasteiger partial charge in [0.2, 0.25) is 15.9 Å². The van der Waals surface area contributed by atoms with Crippen LogP contribution in [0.4, 0.5) is 5.69 Å². The predicted molar refractivity (Wildman–Crippen MR) is 89.9 cm³/mol. The van der Waals surface area contributed by atoms with Crippen molar-refractivity contribution in [1.29, 1.82) is 0 Å². The Labute approximate surface area is 139 Å². The first-order valence-electron chi connectivity index (χ1n) is 6.86. The van der Waals surface area contributed by atoms with Crippen LogP contribution >= 0.6 is 11.5 Å². The van der Waals surface area contributed by atoms with E-state index in [4.69, 9.17) is 0 Å². The van der Waals surface area contributed by atoms with Crippen molar-refractivity contribution in [3.8, 4) is 0 Å². The highest BCUT2D eigenvalue weighted by molar-refractivity contribution is 7.92. The summed E-state index contributed by atoms with van der Waals surface area (Å²) in [7, 11) is -3.56. The van der Waals surface area contributed by atoms with Gasteiger partial charge in [-0.3, -0.25) is 9.10 Å². The number of anilines is 1. The monoisotopic (exact) mass is 354 g/mol. The number of carbonyl (C=O) groups excluding carboxylic acids is 1. The van der Waals surface area contributed by atoms with Gasteiger partial charge in [0.15, 0.2) is 0 Å². The Morgan fingerprint density at radius 1 is 1.35 bits per heavy atom. The summed E-state index contributed by atoms with van der Waals surface area (Å²) in [6, 6.07) is 7.01. The van der Waals surface area contributed by atoms with Gasteiger partial charge in [-0.25, -0.2) is 8.42 Å². The van der Waals surface area contributed by atoms with Gasteiger partial charge in [0.05, 0.1) is 29.1 Å². The van der Waals surface area contributed by atoms with E-state index in [1.54, 1.807) is 25.1 Å². The summed E-state index contributed by atoms with van der Waals surface area (Å²) in [5, 5.41) is 6.56. The number of sulfonamides is 1. The quantitative estimate of drug-likeness (QED) is 0.842. The predicted octanol–water partition coefficient (Wildman–Crippen LogP) is 1.24. The van der Waals surface area contributed by atoms with E-state index in [0.29, 0.717) is 5.69 Å². The molecule has 0 aliphatic rings. The lowest BCUT2D eigenvalue weighted by Gasteiger charge is -2.22. The lowest BCUT2D eigenvalue weighted by Crippen LogP contribution is -2.40. The zero-order valence-electron chi connectivity index (χ0n) is 13.1. The lowest BCUT2D eigenvalue weighted by molar-refractivity contribution is -0.119. The summed E-state index contributed by atoms with van der Waals surface area (Å²) in [5.41, 5.74) is 2.15. The Morgan fingerprint density at radius 2 is 2.09 bits per heavy atom. The molecular formula is C14H18N4O3S2. The van der Waals surface area contributed by atoms with Gasteiger partial charge in [-0.05, 0) is 43.1 Å². The molecule has 124 valence electrons. The van der Waals surface area contributed by atoms with Crippen molar-refractivity contribution in [3.05, 3.63) is 40.4 Å². The van der Waals surface area contributed by atoms with Crippen LogP contribution in [-0.2, 0) is 21.4 Å². The van der Waals surface area contributed by atoms with Gasteiger partial charge in [-0.2, -0.15) is 0 Å². The number of aryl methyl sites for hydroxylation is 2. The van der Waals surface area contributed by atoms with Gasteiger partial charge >= 0.3 is 0 Å². The van der Waals surface area contributed by atoms with Gasteiger partial charge in [0, 0.05) is 0 Å². The molecule has 0 atom stereocenters. The third-order valence-corrected chi connectivity index (χ3v) is 5.13. The largest absolute Gasteiger partial charge is 0.350 e. The summed E-state index contributed by atoms with van der Waals surface area (Å²) < 4.78 is 28.9. The van der Waals surface area contributed by atoms with E-state index >= 15 is 0 Å². The molecule has 0 saturated carbocycles. The molecule has 9 heteroatoms. The molecule has 1 amide bonds. The standard InChI is InChI=1S/C14H18N4O3S2/c1-10-5-4-6-12(7-10)18(23(3,20)21)9-14(19)15-8-13-11(2)16-17-22-13/h4-7H,8-9H2,1-3H3,(H,15,19). The van der Waals surface area contributed by atoms with Crippen molar-refractivity contribution in [2.45, 2.75) is 20.4 Å². The third kappa shape index (κ3) is 4.73. The number of carbonyl (C=O) groups is 1. The molecule has 23 heavy (non-hydrogen) atoms. The molecule has 0 unspecified atom stereocenters. The van der Waals surface area contributed by atoms with Crippen molar-refractivity contribution in [1.82, 2.24) is 14.9 Å². The van der Waals surface area contributed by atoms with Gasteiger partial charge in [0.1, 0.15) is 6.54 Å². The highest BCUT2D eigenvalue weighted by atomic mass is 32.2. The summed E-state index contributed by atoms with van der Waals surface area (Å²) in [6.07, 6.45) is 1.08. The zero-order valence-corrected chi connectivity index (χ0v) is 14.7. The number of hydrogen-bond acceptors (Lipinski definition) is 6. The van der Waals surface area contributed by atoms with Crippen molar-refractivity contribution in [3.63, 3.8) is 0 Å². The van der Waals surface area contributed by atoms with Gasteiger partial charge in [-0.15, -0.1) is 5.10 Å². The maximum absolute atomic E-state index is 12.1.